The highest BCUT2D eigenvalue weighted by molar-refractivity contribution is 5.81. The first-order valence-corrected chi connectivity index (χ1v) is 5.94. The highest BCUT2D eigenvalue weighted by atomic mass is 19.4. The van der Waals surface area contributed by atoms with Crippen molar-refractivity contribution in [1.29, 1.82) is 0 Å². The number of hydrogen-bond donors (Lipinski definition) is 1. The highest BCUT2D eigenvalue weighted by Gasteiger charge is 2.39. The van der Waals surface area contributed by atoms with Gasteiger partial charge in [0.05, 0.1) is 5.92 Å². The van der Waals surface area contributed by atoms with Crippen LogP contribution in [0.1, 0.15) is 19.3 Å². The summed E-state index contributed by atoms with van der Waals surface area (Å²) in [4.78, 5) is 23.4. The van der Waals surface area contributed by atoms with Crippen LogP contribution in [0.15, 0.2) is 12.7 Å². The maximum atomic E-state index is 12.4. The molecule has 0 unspecified atom stereocenters. The highest BCUT2D eigenvalue weighted by Crippen LogP contribution is 2.33. The van der Waals surface area contributed by atoms with Gasteiger partial charge in [-0.05, 0) is 19.3 Å². The number of alkyl halides is 3. The minimum Gasteiger partial charge on any atom is -0.481 e. The summed E-state index contributed by atoms with van der Waals surface area (Å²) >= 11 is 0. The molecule has 1 amide bonds. The number of halogens is 3. The first kappa shape index (κ1) is 15.5. The fourth-order valence-electron chi connectivity index (χ4n) is 2.29. The van der Waals surface area contributed by atoms with Gasteiger partial charge in [0.2, 0.25) is 5.91 Å². The number of hydrogen-bond acceptors (Lipinski definition) is 2. The molecule has 0 aromatic heterocycles. The van der Waals surface area contributed by atoms with Gasteiger partial charge in [0, 0.05) is 12.5 Å². The minimum atomic E-state index is -4.47. The van der Waals surface area contributed by atoms with Crippen LogP contribution in [0.5, 0.6) is 0 Å². The van der Waals surface area contributed by atoms with Crippen molar-refractivity contribution in [2.24, 2.45) is 11.8 Å². The summed E-state index contributed by atoms with van der Waals surface area (Å²) in [5.41, 5.74) is 0. The third kappa shape index (κ3) is 4.57. The van der Waals surface area contributed by atoms with E-state index in [0.29, 0.717) is 17.7 Å². The molecule has 4 nitrogen and oxygen atoms in total. The maximum absolute atomic E-state index is 12.4. The fourth-order valence-corrected chi connectivity index (χ4v) is 2.29. The first-order valence-electron chi connectivity index (χ1n) is 5.94. The van der Waals surface area contributed by atoms with Crippen molar-refractivity contribution in [3.63, 3.8) is 0 Å². The number of carbonyl (C=O) groups is 2. The number of amides is 1. The molecule has 0 heterocycles. The standard InChI is InChI=1S/C12H16F3NO3/c1-2-5-16(7-12(13,14)15)10(17)8-3-4-9(6-8)11(18)19/h2,8-9H,1,3-7H2,(H,18,19)/t8-,9+/m0/s1. The van der Waals surface area contributed by atoms with E-state index in [1.807, 2.05) is 0 Å². The predicted octanol–water partition coefficient (Wildman–Crippen LogP) is 2.06. The third-order valence-corrected chi connectivity index (χ3v) is 3.16. The molecule has 0 bridgehead atoms. The Morgan fingerprint density at radius 1 is 1.32 bits per heavy atom. The smallest absolute Gasteiger partial charge is 0.406 e. The Morgan fingerprint density at radius 2 is 1.89 bits per heavy atom. The maximum Gasteiger partial charge on any atom is 0.406 e. The summed E-state index contributed by atoms with van der Waals surface area (Å²) in [5.74, 6) is -2.91. The van der Waals surface area contributed by atoms with Gasteiger partial charge in [-0.3, -0.25) is 9.59 Å². The quantitative estimate of drug-likeness (QED) is 0.784. The molecule has 1 N–H and O–H groups in total. The lowest BCUT2D eigenvalue weighted by molar-refractivity contribution is -0.162. The summed E-state index contributed by atoms with van der Waals surface area (Å²) < 4.78 is 37.1. The van der Waals surface area contributed by atoms with Gasteiger partial charge in [0.25, 0.3) is 0 Å². The van der Waals surface area contributed by atoms with E-state index in [1.54, 1.807) is 0 Å². The van der Waals surface area contributed by atoms with Crippen LogP contribution in [0.3, 0.4) is 0 Å². The molecule has 1 rings (SSSR count). The Balaban J connectivity index is 2.67. The van der Waals surface area contributed by atoms with Crippen molar-refractivity contribution in [3.8, 4) is 0 Å². The average Bonchev–Trinajstić information content (AvgIpc) is 2.75. The normalized spacial score (nSPS) is 23.1. The molecule has 1 aliphatic carbocycles. The lowest BCUT2D eigenvalue weighted by atomic mass is 10.0. The summed E-state index contributed by atoms with van der Waals surface area (Å²) in [6, 6.07) is 0. The Bertz CT molecular complexity index is 368. The number of carboxylic acid groups (broad SMARTS) is 1. The van der Waals surface area contributed by atoms with Crippen molar-refractivity contribution < 1.29 is 27.9 Å². The molecular formula is C12H16F3NO3. The lowest BCUT2D eigenvalue weighted by Crippen LogP contribution is -2.41. The molecule has 0 saturated heterocycles. The SMILES string of the molecule is C=CCN(CC(F)(F)F)C(=O)[C@H]1CC[C@@H](C(=O)O)C1. The Hall–Kier alpha value is -1.53. The molecule has 108 valence electrons. The van der Waals surface area contributed by atoms with Crippen LogP contribution < -0.4 is 0 Å². The van der Waals surface area contributed by atoms with Gasteiger partial charge in [-0.15, -0.1) is 6.58 Å². The fraction of sp³-hybridized carbons (Fsp3) is 0.667. The summed E-state index contributed by atoms with van der Waals surface area (Å²) in [6.07, 6.45) is -2.47. The molecule has 2 atom stereocenters. The lowest BCUT2D eigenvalue weighted by Gasteiger charge is -2.25. The molecule has 0 aromatic carbocycles. The van der Waals surface area contributed by atoms with Crippen LogP contribution in [-0.2, 0) is 9.59 Å². The summed E-state index contributed by atoms with van der Waals surface area (Å²) in [6.45, 7) is 1.81. The average molecular weight is 279 g/mol. The molecular weight excluding hydrogens is 263 g/mol. The van der Waals surface area contributed by atoms with Gasteiger partial charge in [0.15, 0.2) is 0 Å². The van der Waals surface area contributed by atoms with Crippen LogP contribution in [0.2, 0.25) is 0 Å². The van der Waals surface area contributed by atoms with E-state index >= 15 is 0 Å². The van der Waals surface area contributed by atoms with E-state index in [2.05, 4.69) is 6.58 Å². The van der Waals surface area contributed by atoms with Crippen molar-refractivity contribution >= 4 is 11.9 Å². The topological polar surface area (TPSA) is 57.6 Å². The first-order chi connectivity index (χ1) is 8.74. The van der Waals surface area contributed by atoms with E-state index in [-0.39, 0.29) is 13.0 Å². The Kier molecular flexibility index (Phi) is 4.97. The Morgan fingerprint density at radius 3 is 2.32 bits per heavy atom. The van der Waals surface area contributed by atoms with Crippen LogP contribution >= 0.6 is 0 Å². The van der Waals surface area contributed by atoms with Crippen LogP contribution in [0, 0.1) is 11.8 Å². The molecule has 0 radical (unpaired) electrons. The Labute approximate surface area is 108 Å². The van der Waals surface area contributed by atoms with Crippen LogP contribution in [0.4, 0.5) is 13.2 Å². The molecule has 0 spiro atoms. The van der Waals surface area contributed by atoms with Crippen molar-refractivity contribution in [2.45, 2.75) is 25.4 Å². The van der Waals surface area contributed by atoms with E-state index in [0.717, 1.165) is 0 Å². The van der Waals surface area contributed by atoms with Crippen molar-refractivity contribution in [2.75, 3.05) is 13.1 Å². The van der Waals surface area contributed by atoms with Gasteiger partial charge in [-0.25, -0.2) is 0 Å². The van der Waals surface area contributed by atoms with E-state index in [9.17, 15) is 22.8 Å². The van der Waals surface area contributed by atoms with Gasteiger partial charge < -0.3 is 10.0 Å². The second-order valence-corrected chi connectivity index (χ2v) is 4.67. The third-order valence-electron chi connectivity index (χ3n) is 3.16. The van der Waals surface area contributed by atoms with E-state index in [4.69, 9.17) is 5.11 Å². The molecule has 7 heteroatoms. The van der Waals surface area contributed by atoms with Crippen molar-refractivity contribution in [3.05, 3.63) is 12.7 Å². The predicted molar refractivity (Wildman–Crippen MR) is 61.3 cm³/mol. The zero-order chi connectivity index (χ0) is 14.6. The molecule has 19 heavy (non-hydrogen) atoms. The van der Waals surface area contributed by atoms with Gasteiger partial charge in [0.1, 0.15) is 6.54 Å². The zero-order valence-corrected chi connectivity index (χ0v) is 10.3. The number of carbonyl (C=O) groups excluding carboxylic acids is 1. The number of rotatable bonds is 5. The van der Waals surface area contributed by atoms with Gasteiger partial charge in [-0.2, -0.15) is 13.2 Å². The van der Waals surface area contributed by atoms with Gasteiger partial charge >= 0.3 is 12.1 Å². The van der Waals surface area contributed by atoms with Crippen LogP contribution in [0.25, 0.3) is 0 Å². The van der Waals surface area contributed by atoms with E-state index in [1.165, 1.54) is 6.08 Å². The zero-order valence-electron chi connectivity index (χ0n) is 10.3. The second kappa shape index (κ2) is 6.08. The van der Waals surface area contributed by atoms with Crippen molar-refractivity contribution in [1.82, 2.24) is 4.90 Å². The number of aliphatic carboxylic acids is 1. The molecule has 0 aliphatic heterocycles. The summed E-state index contributed by atoms with van der Waals surface area (Å²) in [7, 11) is 0. The van der Waals surface area contributed by atoms with Gasteiger partial charge in [-0.1, -0.05) is 6.08 Å². The van der Waals surface area contributed by atoms with Crippen LogP contribution in [-0.4, -0.2) is 41.1 Å². The monoisotopic (exact) mass is 279 g/mol. The van der Waals surface area contributed by atoms with E-state index < -0.39 is 36.4 Å². The summed E-state index contributed by atoms with van der Waals surface area (Å²) in [5, 5.41) is 8.82. The molecule has 1 saturated carbocycles. The number of nitrogens with zero attached hydrogens (tertiary/aromatic N) is 1. The second-order valence-electron chi connectivity index (χ2n) is 4.67. The molecule has 0 aromatic rings. The molecule has 1 aliphatic rings. The minimum absolute atomic E-state index is 0.111. The largest absolute Gasteiger partial charge is 0.481 e. The molecule has 1 fully saturated rings. The number of carboxylic acids is 1.